The van der Waals surface area contributed by atoms with Gasteiger partial charge < -0.3 is 19.9 Å². The Balaban J connectivity index is 0.000000345. The summed E-state index contributed by atoms with van der Waals surface area (Å²) in [5.74, 6) is -2.63. The van der Waals surface area contributed by atoms with Gasteiger partial charge in [0, 0.05) is 45.5 Å². The summed E-state index contributed by atoms with van der Waals surface area (Å²) in [6.45, 7) is 2.88. The largest absolute Gasteiger partial charge is 0.490 e. The molecule has 28 heavy (non-hydrogen) atoms. The van der Waals surface area contributed by atoms with Gasteiger partial charge in [-0.05, 0) is 25.0 Å². The number of carboxylic acid groups (broad SMARTS) is 1. The van der Waals surface area contributed by atoms with E-state index in [2.05, 4.69) is 10.2 Å². The van der Waals surface area contributed by atoms with Gasteiger partial charge in [-0.15, -0.1) is 0 Å². The van der Waals surface area contributed by atoms with Crippen LogP contribution in [0, 0.1) is 0 Å². The number of carbonyl (C=O) groups is 3. The second kappa shape index (κ2) is 8.21. The molecular formula is C17H23F3N4O4. The number of likely N-dealkylation sites (tertiary alicyclic amines) is 2. The second-order valence-electron chi connectivity index (χ2n) is 6.85. The first-order valence-corrected chi connectivity index (χ1v) is 8.66. The third-order valence-electron chi connectivity index (χ3n) is 5.16. The molecule has 2 amide bonds. The number of nitrogens with zero attached hydrogens (tertiary/aromatic N) is 3. The minimum absolute atomic E-state index is 0.0212. The Morgan fingerprint density at radius 2 is 1.86 bits per heavy atom. The number of likely N-dealkylation sites (N-methyl/N-ethyl adjacent to an activating group) is 1. The van der Waals surface area contributed by atoms with E-state index in [1.807, 2.05) is 34.8 Å². The van der Waals surface area contributed by atoms with E-state index in [0.29, 0.717) is 6.54 Å². The number of halogens is 3. The number of alkyl halides is 3. The van der Waals surface area contributed by atoms with Gasteiger partial charge in [0.25, 0.3) is 5.91 Å². The average molecular weight is 404 g/mol. The van der Waals surface area contributed by atoms with E-state index in [1.165, 1.54) is 0 Å². The molecule has 2 fully saturated rings. The van der Waals surface area contributed by atoms with Gasteiger partial charge in [-0.25, -0.2) is 4.79 Å². The molecule has 1 spiro atoms. The fourth-order valence-corrected chi connectivity index (χ4v) is 3.42. The molecule has 0 radical (unpaired) electrons. The Kier molecular flexibility index (Phi) is 6.37. The highest BCUT2D eigenvalue weighted by Crippen LogP contribution is 2.39. The zero-order valence-electron chi connectivity index (χ0n) is 15.6. The van der Waals surface area contributed by atoms with E-state index in [0.717, 1.165) is 38.2 Å². The monoisotopic (exact) mass is 404 g/mol. The van der Waals surface area contributed by atoms with Crippen LogP contribution in [0.2, 0.25) is 0 Å². The van der Waals surface area contributed by atoms with Crippen LogP contribution >= 0.6 is 0 Å². The van der Waals surface area contributed by atoms with Gasteiger partial charge in [-0.3, -0.25) is 14.5 Å². The molecule has 2 saturated heterocycles. The zero-order valence-corrected chi connectivity index (χ0v) is 15.6. The van der Waals surface area contributed by atoms with E-state index in [-0.39, 0.29) is 17.4 Å². The Morgan fingerprint density at radius 1 is 1.25 bits per heavy atom. The first kappa shape index (κ1) is 21.7. The molecule has 0 aliphatic carbocycles. The Bertz CT molecular complexity index is 749. The summed E-state index contributed by atoms with van der Waals surface area (Å²) >= 11 is 0. The highest BCUT2D eigenvalue weighted by molar-refractivity contribution is 5.93. The number of carboxylic acids is 1. The Labute approximate surface area is 159 Å². The van der Waals surface area contributed by atoms with Crippen LogP contribution in [0.5, 0.6) is 0 Å². The van der Waals surface area contributed by atoms with Crippen molar-refractivity contribution in [3.8, 4) is 0 Å². The first-order chi connectivity index (χ1) is 13.0. The van der Waals surface area contributed by atoms with E-state index >= 15 is 0 Å². The SMILES string of the molecule is CNC(=O)CN1CCC12CCN(C(=O)c1cccn1C)C2.O=C(O)C(F)(F)F. The lowest BCUT2D eigenvalue weighted by Gasteiger charge is -2.50. The summed E-state index contributed by atoms with van der Waals surface area (Å²) in [6, 6.07) is 3.75. The normalized spacial score (nSPS) is 21.7. The molecule has 3 rings (SSSR count). The number of aryl methyl sites for hydroxylation is 1. The summed E-state index contributed by atoms with van der Waals surface area (Å²) in [4.78, 5) is 37.1. The van der Waals surface area contributed by atoms with Crippen LogP contribution in [0.4, 0.5) is 13.2 Å². The molecule has 0 aromatic carbocycles. The molecule has 11 heteroatoms. The molecule has 156 valence electrons. The second-order valence-corrected chi connectivity index (χ2v) is 6.85. The molecule has 2 aliphatic heterocycles. The summed E-state index contributed by atoms with van der Waals surface area (Å²) in [7, 11) is 3.55. The van der Waals surface area contributed by atoms with Gasteiger partial charge in [0.1, 0.15) is 5.69 Å². The van der Waals surface area contributed by atoms with Gasteiger partial charge in [0.15, 0.2) is 0 Å². The van der Waals surface area contributed by atoms with Gasteiger partial charge in [0.2, 0.25) is 5.91 Å². The van der Waals surface area contributed by atoms with Gasteiger partial charge >= 0.3 is 12.1 Å². The number of amides is 2. The van der Waals surface area contributed by atoms with Crippen LogP contribution in [0.25, 0.3) is 0 Å². The third kappa shape index (κ3) is 4.64. The quantitative estimate of drug-likeness (QED) is 0.773. The minimum Gasteiger partial charge on any atom is -0.475 e. The first-order valence-electron chi connectivity index (χ1n) is 8.66. The van der Waals surface area contributed by atoms with Crippen LogP contribution in [0.15, 0.2) is 18.3 Å². The van der Waals surface area contributed by atoms with Gasteiger partial charge in [0.05, 0.1) is 6.54 Å². The number of rotatable bonds is 3. The number of aromatic nitrogens is 1. The summed E-state index contributed by atoms with van der Waals surface area (Å²) in [5, 5.41) is 9.79. The minimum atomic E-state index is -5.08. The van der Waals surface area contributed by atoms with Crippen molar-refractivity contribution in [3.05, 3.63) is 24.0 Å². The van der Waals surface area contributed by atoms with Crippen LogP contribution in [0.3, 0.4) is 0 Å². The van der Waals surface area contributed by atoms with E-state index in [1.54, 1.807) is 7.05 Å². The Morgan fingerprint density at radius 3 is 2.29 bits per heavy atom. The van der Waals surface area contributed by atoms with Gasteiger partial charge in [-0.1, -0.05) is 0 Å². The number of aliphatic carboxylic acids is 1. The molecule has 8 nitrogen and oxygen atoms in total. The molecule has 3 heterocycles. The Hall–Kier alpha value is -2.56. The maximum absolute atomic E-state index is 12.5. The smallest absolute Gasteiger partial charge is 0.475 e. The molecule has 1 atom stereocenters. The molecule has 1 unspecified atom stereocenters. The third-order valence-corrected chi connectivity index (χ3v) is 5.16. The summed E-state index contributed by atoms with van der Waals surface area (Å²) in [6.07, 6.45) is -1.17. The maximum atomic E-state index is 12.5. The van der Waals surface area contributed by atoms with Crippen molar-refractivity contribution in [2.75, 3.05) is 33.2 Å². The molecule has 0 saturated carbocycles. The lowest BCUT2D eigenvalue weighted by Crippen LogP contribution is -2.63. The number of nitrogens with one attached hydrogen (secondary N) is 1. The molecule has 0 bridgehead atoms. The topological polar surface area (TPSA) is 94.9 Å². The van der Waals surface area contributed by atoms with Crippen LogP contribution in [-0.4, -0.2) is 82.2 Å². The standard InChI is InChI=1S/C15H22N4O2.C2HF3O2/c1-16-13(20)10-19-9-6-15(19)5-8-18(11-15)14(21)12-4-3-7-17(12)2;3-2(4,5)1(6)7/h3-4,7H,5-6,8-11H2,1-2H3,(H,16,20);(H,6,7). The molecule has 1 aromatic heterocycles. The lowest BCUT2D eigenvalue weighted by atomic mass is 9.83. The van der Waals surface area contributed by atoms with Crippen molar-refractivity contribution in [1.29, 1.82) is 0 Å². The lowest BCUT2D eigenvalue weighted by molar-refractivity contribution is -0.192. The fraction of sp³-hybridized carbons (Fsp3) is 0.588. The van der Waals surface area contributed by atoms with Crippen molar-refractivity contribution in [1.82, 2.24) is 19.7 Å². The van der Waals surface area contributed by atoms with Crippen LogP contribution < -0.4 is 5.32 Å². The highest BCUT2D eigenvalue weighted by Gasteiger charge is 2.50. The van der Waals surface area contributed by atoms with Crippen LogP contribution in [0.1, 0.15) is 23.3 Å². The predicted octanol–water partition coefficient (Wildman–Crippen LogP) is 0.695. The number of hydrogen-bond acceptors (Lipinski definition) is 4. The van der Waals surface area contributed by atoms with E-state index in [4.69, 9.17) is 9.90 Å². The highest BCUT2D eigenvalue weighted by atomic mass is 19.4. The molecular weight excluding hydrogens is 381 g/mol. The molecule has 2 aliphatic rings. The van der Waals surface area contributed by atoms with Crippen molar-refractivity contribution in [2.45, 2.75) is 24.6 Å². The average Bonchev–Trinajstić information content (AvgIpc) is 3.25. The summed E-state index contributed by atoms with van der Waals surface area (Å²) in [5.41, 5.74) is 0.747. The van der Waals surface area contributed by atoms with E-state index in [9.17, 15) is 22.8 Å². The zero-order chi connectivity index (χ0) is 21.1. The van der Waals surface area contributed by atoms with Gasteiger partial charge in [-0.2, -0.15) is 13.2 Å². The number of hydrogen-bond donors (Lipinski definition) is 2. The van der Waals surface area contributed by atoms with Crippen molar-refractivity contribution in [2.24, 2.45) is 7.05 Å². The maximum Gasteiger partial charge on any atom is 0.490 e. The van der Waals surface area contributed by atoms with Crippen molar-refractivity contribution >= 4 is 17.8 Å². The number of carbonyl (C=O) groups excluding carboxylic acids is 2. The molecule has 1 aromatic rings. The summed E-state index contributed by atoms with van der Waals surface area (Å²) < 4.78 is 33.6. The predicted molar refractivity (Wildman–Crippen MR) is 92.6 cm³/mol. The van der Waals surface area contributed by atoms with Crippen molar-refractivity contribution < 1.29 is 32.7 Å². The van der Waals surface area contributed by atoms with Crippen molar-refractivity contribution in [3.63, 3.8) is 0 Å². The van der Waals surface area contributed by atoms with Crippen LogP contribution in [-0.2, 0) is 16.6 Å². The molecule has 2 N–H and O–H groups in total. The fourth-order valence-electron chi connectivity index (χ4n) is 3.42. The van der Waals surface area contributed by atoms with E-state index < -0.39 is 12.1 Å².